The summed E-state index contributed by atoms with van der Waals surface area (Å²) in [6, 6.07) is 4.87. The highest BCUT2D eigenvalue weighted by Crippen LogP contribution is 2.37. The average molecular weight is 409 g/mol. The van der Waals surface area contributed by atoms with Crippen LogP contribution in [-0.4, -0.2) is 45.8 Å². The van der Waals surface area contributed by atoms with Gasteiger partial charge in [0, 0.05) is 18.3 Å². The summed E-state index contributed by atoms with van der Waals surface area (Å²) in [4.78, 5) is 9.43. The van der Waals surface area contributed by atoms with Crippen LogP contribution in [0.4, 0.5) is 13.2 Å². The lowest BCUT2D eigenvalue weighted by Crippen LogP contribution is -2.41. The van der Waals surface area contributed by atoms with Crippen LogP contribution < -0.4 is 14.9 Å². The lowest BCUT2D eigenvalue weighted by atomic mass is 10.2. The van der Waals surface area contributed by atoms with E-state index in [4.69, 9.17) is 14.5 Å². The van der Waals surface area contributed by atoms with Crippen molar-refractivity contribution in [2.45, 2.75) is 45.7 Å². The van der Waals surface area contributed by atoms with Gasteiger partial charge in [0.25, 0.3) is 0 Å². The van der Waals surface area contributed by atoms with Crippen molar-refractivity contribution in [2.24, 2.45) is 4.99 Å². The predicted molar refractivity (Wildman–Crippen MR) is 101 cm³/mol. The molecule has 156 valence electrons. The van der Waals surface area contributed by atoms with Crippen LogP contribution in [0.5, 0.6) is 11.5 Å². The largest absolute Gasteiger partial charge is 0.491 e. The molecule has 2 aliphatic rings. The Morgan fingerprint density at radius 1 is 1.34 bits per heavy atom. The van der Waals surface area contributed by atoms with Crippen molar-refractivity contribution in [1.82, 2.24) is 20.0 Å². The molecule has 0 aliphatic carbocycles. The second kappa shape index (κ2) is 7.25. The van der Waals surface area contributed by atoms with Crippen LogP contribution in [0.25, 0.3) is 11.4 Å². The molecule has 0 fully saturated rings. The van der Waals surface area contributed by atoms with E-state index in [0.29, 0.717) is 30.3 Å². The zero-order valence-corrected chi connectivity index (χ0v) is 16.3. The van der Waals surface area contributed by atoms with E-state index in [1.54, 1.807) is 6.07 Å². The van der Waals surface area contributed by atoms with E-state index in [-0.39, 0.29) is 18.0 Å². The molecule has 0 saturated heterocycles. The number of imidazole rings is 1. The number of halogens is 3. The van der Waals surface area contributed by atoms with E-state index in [0.717, 1.165) is 11.5 Å². The van der Waals surface area contributed by atoms with Crippen LogP contribution in [0, 0.1) is 0 Å². The van der Waals surface area contributed by atoms with Crippen molar-refractivity contribution in [1.29, 1.82) is 0 Å². The molecule has 0 amide bonds. The molecule has 2 aromatic rings. The number of benzene rings is 1. The molecule has 0 spiro atoms. The normalized spacial score (nSPS) is 19.1. The Hall–Kier alpha value is -2.75. The molecule has 29 heavy (non-hydrogen) atoms. The Morgan fingerprint density at radius 3 is 2.86 bits per heavy atom. The minimum Gasteiger partial charge on any atom is -0.491 e. The fourth-order valence-electron chi connectivity index (χ4n) is 3.40. The molecule has 0 saturated carbocycles. The number of ether oxygens (including phenoxy) is 2. The smallest absolute Gasteiger partial charge is 0.422 e. The van der Waals surface area contributed by atoms with Gasteiger partial charge in [0.15, 0.2) is 12.8 Å². The molecule has 1 N–H and O–H groups in total. The first-order chi connectivity index (χ1) is 13.7. The van der Waals surface area contributed by atoms with Crippen molar-refractivity contribution in [3.8, 4) is 22.9 Å². The number of alkyl halides is 3. The second-order valence-corrected chi connectivity index (χ2v) is 7.29. The summed E-state index contributed by atoms with van der Waals surface area (Å²) in [5.41, 5.74) is 4.75. The molecular formula is C19H22F3N5O2. The van der Waals surface area contributed by atoms with E-state index in [2.05, 4.69) is 24.3 Å². The van der Waals surface area contributed by atoms with Crippen LogP contribution in [0.15, 0.2) is 29.4 Å². The predicted octanol–water partition coefficient (Wildman–Crippen LogP) is 3.53. The maximum Gasteiger partial charge on any atom is 0.422 e. The van der Waals surface area contributed by atoms with Crippen molar-refractivity contribution >= 4 is 5.84 Å². The first kappa shape index (κ1) is 19.6. The maximum absolute atomic E-state index is 12.4. The van der Waals surface area contributed by atoms with Gasteiger partial charge in [-0.15, -0.1) is 0 Å². The number of hydrogen-bond acceptors (Lipinski definition) is 6. The third-order valence-electron chi connectivity index (χ3n) is 4.67. The highest BCUT2D eigenvalue weighted by Gasteiger charge is 2.32. The molecule has 0 bridgehead atoms. The number of nitrogens with one attached hydrogen (secondary N) is 1. The van der Waals surface area contributed by atoms with Gasteiger partial charge in [-0.3, -0.25) is 0 Å². The lowest BCUT2D eigenvalue weighted by Gasteiger charge is -2.25. The third kappa shape index (κ3) is 4.02. The van der Waals surface area contributed by atoms with E-state index in [1.165, 1.54) is 12.1 Å². The SMILES string of the molecule is CC1=NC(c2cn3c(n2)-c2ccc(OCC(F)(F)F)cc2OCC3)N(C(C)C)N1. The van der Waals surface area contributed by atoms with E-state index in [1.807, 2.05) is 22.7 Å². The zero-order valence-electron chi connectivity index (χ0n) is 16.3. The van der Waals surface area contributed by atoms with Gasteiger partial charge in [-0.2, -0.15) is 18.2 Å². The number of aromatic nitrogens is 2. The van der Waals surface area contributed by atoms with Gasteiger partial charge in [0.2, 0.25) is 0 Å². The first-order valence-corrected chi connectivity index (χ1v) is 9.34. The molecule has 1 atom stereocenters. The summed E-state index contributed by atoms with van der Waals surface area (Å²) < 4.78 is 49.8. The Kier molecular flexibility index (Phi) is 4.89. The molecular weight excluding hydrogens is 387 g/mol. The molecule has 1 aromatic heterocycles. The van der Waals surface area contributed by atoms with Gasteiger partial charge in [0.1, 0.15) is 35.5 Å². The molecule has 3 heterocycles. The summed E-state index contributed by atoms with van der Waals surface area (Å²) in [6.45, 7) is 5.64. The Labute approximate surface area is 166 Å². The maximum atomic E-state index is 12.4. The number of aliphatic imine (C=N–C) groups is 1. The fraction of sp³-hybridized carbons (Fsp3) is 0.474. The monoisotopic (exact) mass is 409 g/mol. The summed E-state index contributed by atoms with van der Waals surface area (Å²) in [5, 5.41) is 2.03. The molecule has 0 radical (unpaired) electrons. The van der Waals surface area contributed by atoms with Gasteiger partial charge in [-0.25, -0.2) is 9.98 Å². The topological polar surface area (TPSA) is 63.9 Å². The summed E-state index contributed by atoms with van der Waals surface area (Å²) in [7, 11) is 0. The quantitative estimate of drug-likeness (QED) is 0.837. The minimum absolute atomic E-state index is 0.104. The third-order valence-corrected chi connectivity index (χ3v) is 4.67. The van der Waals surface area contributed by atoms with Gasteiger partial charge < -0.3 is 19.5 Å². The molecule has 4 rings (SSSR count). The van der Waals surface area contributed by atoms with Gasteiger partial charge >= 0.3 is 6.18 Å². The van der Waals surface area contributed by atoms with Crippen molar-refractivity contribution in [3.63, 3.8) is 0 Å². The Morgan fingerprint density at radius 2 is 2.14 bits per heavy atom. The molecule has 10 heteroatoms. The van der Waals surface area contributed by atoms with Crippen LogP contribution in [0.2, 0.25) is 0 Å². The fourth-order valence-corrected chi connectivity index (χ4v) is 3.40. The molecule has 1 unspecified atom stereocenters. The highest BCUT2D eigenvalue weighted by atomic mass is 19.4. The van der Waals surface area contributed by atoms with E-state index < -0.39 is 12.8 Å². The standard InChI is InChI=1S/C19H22F3N5O2/c1-11(2)27-18(23-12(3)25-27)15-9-26-6-7-28-16-8-13(29-10-19(20,21)22)4-5-14(16)17(26)24-15/h4-5,8-9,11,18H,6-7,10H2,1-3H3,(H,23,25). The second-order valence-electron chi connectivity index (χ2n) is 7.29. The Balaban J connectivity index is 1.65. The minimum atomic E-state index is -4.39. The average Bonchev–Trinajstić information content (AvgIpc) is 3.19. The number of fused-ring (bicyclic) bond motifs is 3. The number of rotatable bonds is 4. The van der Waals surface area contributed by atoms with Crippen LogP contribution in [0.3, 0.4) is 0 Å². The summed E-state index contributed by atoms with van der Waals surface area (Å²) in [6.07, 6.45) is -2.69. The van der Waals surface area contributed by atoms with Gasteiger partial charge in [0.05, 0.1) is 12.1 Å². The van der Waals surface area contributed by atoms with Crippen LogP contribution >= 0.6 is 0 Å². The summed E-state index contributed by atoms with van der Waals surface area (Å²) in [5.74, 6) is 2.07. The van der Waals surface area contributed by atoms with Crippen LogP contribution in [0.1, 0.15) is 32.6 Å². The number of amidine groups is 1. The van der Waals surface area contributed by atoms with E-state index >= 15 is 0 Å². The molecule has 7 nitrogen and oxygen atoms in total. The van der Waals surface area contributed by atoms with Gasteiger partial charge in [-0.05, 0) is 32.9 Å². The molecule has 1 aromatic carbocycles. The van der Waals surface area contributed by atoms with E-state index in [9.17, 15) is 13.2 Å². The molecule has 2 aliphatic heterocycles. The van der Waals surface area contributed by atoms with Crippen molar-refractivity contribution < 1.29 is 22.6 Å². The van der Waals surface area contributed by atoms with Crippen molar-refractivity contribution in [2.75, 3.05) is 13.2 Å². The number of hydrogen-bond donors (Lipinski definition) is 1. The number of nitrogens with zero attached hydrogens (tertiary/aromatic N) is 4. The first-order valence-electron chi connectivity index (χ1n) is 9.34. The zero-order chi connectivity index (χ0) is 20.8. The van der Waals surface area contributed by atoms with Gasteiger partial charge in [-0.1, -0.05) is 0 Å². The Bertz CT molecular complexity index is 938. The number of hydrazine groups is 1. The van der Waals surface area contributed by atoms with Crippen LogP contribution in [-0.2, 0) is 6.54 Å². The highest BCUT2D eigenvalue weighted by molar-refractivity contribution is 5.80. The van der Waals surface area contributed by atoms with Crippen molar-refractivity contribution in [3.05, 3.63) is 30.1 Å². The lowest BCUT2D eigenvalue weighted by molar-refractivity contribution is -0.153. The summed E-state index contributed by atoms with van der Waals surface area (Å²) >= 11 is 0.